The third kappa shape index (κ3) is 5.36. The number of nitrogens with zero attached hydrogens (tertiary/aromatic N) is 1. The fraction of sp³-hybridized carbons (Fsp3) is 0.192. The van der Waals surface area contributed by atoms with Crippen molar-refractivity contribution in [3.05, 3.63) is 91.9 Å². The van der Waals surface area contributed by atoms with Gasteiger partial charge in [-0.3, -0.25) is 14.4 Å². The third-order valence-electron chi connectivity index (χ3n) is 5.91. The van der Waals surface area contributed by atoms with E-state index in [-0.39, 0.29) is 30.3 Å². The van der Waals surface area contributed by atoms with E-state index in [4.69, 9.17) is 23.2 Å². The minimum atomic E-state index is -1.26. The van der Waals surface area contributed by atoms with E-state index in [0.717, 1.165) is 5.56 Å². The number of hydrogen-bond donors (Lipinski definition) is 3. The fourth-order valence-electron chi connectivity index (χ4n) is 4.10. The van der Waals surface area contributed by atoms with Gasteiger partial charge in [-0.2, -0.15) is 0 Å². The maximum atomic E-state index is 13.6. The molecule has 7 nitrogen and oxygen atoms in total. The molecule has 10 heteroatoms. The van der Waals surface area contributed by atoms with Gasteiger partial charge in [-0.25, -0.2) is 0 Å². The molecule has 0 aliphatic carbocycles. The Kier molecular flexibility index (Phi) is 7.59. The molecule has 0 aromatic heterocycles. The van der Waals surface area contributed by atoms with Gasteiger partial charge >= 0.3 is 0 Å². The van der Waals surface area contributed by atoms with Crippen LogP contribution in [0, 0.1) is 0 Å². The van der Waals surface area contributed by atoms with Gasteiger partial charge in [0.2, 0.25) is 5.91 Å². The molecule has 0 saturated carbocycles. The Morgan fingerprint density at radius 3 is 2.50 bits per heavy atom. The molecule has 3 amide bonds. The molecule has 4 rings (SSSR count). The fourth-order valence-corrected chi connectivity index (χ4v) is 4.84. The summed E-state index contributed by atoms with van der Waals surface area (Å²) in [5.41, 5.74) is 1.53. The number of anilines is 2. The van der Waals surface area contributed by atoms with E-state index >= 15 is 0 Å². The number of halogens is 3. The third-order valence-corrected chi connectivity index (χ3v) is 6.87. The molecule has 1 heterocycles. The highest BCUT2D eigenvalue weighted by Crippen LogP contribution is 2.43. The lowest BCUT2D eigenvalue weighted by Crippen LogP contribution is -2.45. The summed E-state index contributed by atoms with van der Waals surface area (Å²) in [6.07, 6.45) is 0.251. The van der Waals surface area contributed by atoms with Crippen molar-refractivity contribution in [2.45, 2.75) is 12.0 Å². The molecule has 3 aromatic rings. The quantitative estimate of drug-likeness (QED) is 0.359. The summed E-state index contributed by atoms with van der Waals surface area (Å²) >= 11 is 15.9. The number of benzene rings is 3. The van der Waals surface area contributed by atoms with Crippen molar-refractivity contribution < 1.29 is 14.4 Å². The van der Waals surface area contributed by atoms with Crippen molar-refractivity contribution in [1.29, 1.82) is 0 Å². The van der Waals surface area contributed by atoms with Gasteiger partial charge in [0.05, 0.1) is 12.1 Å². The summed E-state index contributed by atoms with van der Waals surface area (Å²) in [5, 5.41) is 9.97. The van der Waals surface area contributed by atoms with Crippen LogP contribution in [0.1, 0.15) is 21.5 Å². The SMILES string of the molecule is CN(C)C(=O)CNC(=O)c1ccc(Br)cc1NC1(Cc2cccc(Cl)c2)C(=O)Nc2cc(Cl)ccc21. The molecular weight excluding hydrogens is 567 g/mol. The Bertz CT molecular complexity index is 1360. The summed E-state index contributed by atoms with van der Waals surface area (Å²) in [6, 6.07) is 17.5. The molecule has 0 radical (unpaired) electrons. The zero-order valence-electron chi connectivity index (χ0n) is 19.5. The second kappa shape index (κ2) is 10.5. The van der Waals surface area contributed by atoms with Crippen LogP contribution in [0.4, 0.5) is 11.4 Å². The number of nitrogens with one attached hydrogen (secondary N) is 3. The second-order valence-corrected chi connectivity index (χ2v) is 10.4. The zero-order valence-corrected chi connectivity index (χ0v) is 22.6. The molecule has 1 unspecified atom stereocenters. The molecule has 0 fully saturated rings. The van der Waals surface area contributed by atoms with Crippen LogP contribution in [0.25, 0.3) is 0 Å². The van der Waals surface area contributed by atoms with Gasteiger partial charge in [-0.05, 0) is 48.0 Å². The van der Waals surface area contributed by atoms with Crippen LogP contribution in [0.15, 0.2) is 65.1 Å². The first kappa shape index (κ1) is 26.0. The Morgan fingerprint density at radius 1 is 1.03 bits per heavy atom. The Labute approximate surface area is 227 Å². The average molecular weight is 590 g/mol. The molecule has 1 atom stereocenters. The number of rotatable bonds is 7. The molecule has 186 valence electrons. The van der Waals surface area contributed by atoms with Gasteiger partial charge in [-0.1, -0.05) is 57.3 Å². The largest absolute Gasteiger partial charge is 0.367 e. The van der Waals surface area contributed by atoms with Crippen LogP contribution in [0.3, 0.4) is 0 Å². The number of carbonyl (C=O) groups excluding carboxylic acids is 3. The molecular formula is C26H23BrCl2N4O3. The first-order valence-electron chi connectivity index (χ1n) is 11.0. The van der Waals surface area contributed by atoms with Gasteiger partial charge in [0.15, 0.2) is 0 Å². The van der Waals surface area contributed by atoms with E-state index in [1.165, 1.54) is 4.90 Å². The lowest BCUT2D eigenvalue weighted by molar-refractivity contribution is -0.127. The summed E-state index contributed by atoms with van der Waals surface area (Å²) in [6.45, 7) is -0.156. The lowest BCUT2D eigenvalue weighted by atomic mass is 9.84. The maximum Gasteiger partial charge on any atom is 0.255 e. The van der Waals surface area contributed by atoms with Crippen LogP contribution < -0.4 is 16.0 Å². The summed E-state index contributed by atoms with van der Waals surface area (Å²) in [4.78, 5) is 40.1. The van der Waals surface area contributed by atoms with E-state index in [1.807, 2.05) is 12.1 Å². The van der Waals surface area contributed by atoms with E-state index in [0.29, 0.717) is 31.5 Å². The van der Waals surface area contributed by atoms with Crippen molar-refractivity contribution in [2.75, 3.05) is 31.3 Å². The Morgan fingerprint density at radius 2 is 1.78 bits per heavy atom. The lowest BCUT2D eigenvalue weighted by Gasteiger charge is -2.31. The summed E-state index contributed by atoms with van der Waals surface area (Å²) in [7, 11) is 3.23. The van der Waals surface area contributed by atoms with E-state index in [9.17, 15) is 14.4 Å². The van der Waals surface area contributed by atoms with Gasteiger partial charge in [0.1, 0.15) is 5.54 Å². The minimum Gasteiger partial charge on any atom is -0.367 e. The van der Waals surface area contributed by atoms with Crippen LogP contribution in [0.2, 0.25) is 10.0 Å². The molecule has 3 N–H and O–H groups in total. The maximum absolute atomic E-state index is 13.6. The predicted octanol–water partition coefficient (Wildman–Crippen LogP) is 5.08. The van der Waals surface area contributed by atoms with Gasteiger partial charge < -0.3 is 20.9 Å². The van der Waals surface area contributed by atoms with E-state index < -0.39 is 11.4 Å². The normalized spacial score (nSPS) is 16.2. The molecule has 1 aliphatic heterocycles. The van der Waals surface area contributed by atoms with Gasteiger partial charge in [-0.15, -0.1) is 0 Å². The highest BCUT2D eigenvalue weighted by molar-refractivity contribution is 9.10. The molecule has 0 bridgehead atoms. The number of likely N-dealkylation sites (N-methyl/N-ethyl adjacent to an activating group) is 1. The van der Waals surface area contributed by atoms with Crippen molar-refractivity contribution in [1.82, 2.24) is 10.2 Å². The number of amides is 3. The number of hydrogen-bond acceptors (Lipinski definition) is 4. The van der Waals surface area contributed by atoms with Crippen molar-refractivity contribution in [3.8, 4) is 0 Å². The molecule has 0 saturated heterocycles. The monoisotopic (exact) mass is 588 g/mol. The van der Waals surface area contributed by atoms with Crippen LogP contribution in [-0.2, 0) is 21.5 Å². The molecule has 0 spiro atoms. The molecule has 1 aliphatic rings. The predicted molar refractivity (Wildman–Crippen MR) is 146 cm³/mol. The van der Waals surface area contributed by atoms with Crippen molar-refractivity contribution in [3.63, 3.8) is 0 Å². The van der Waals surface area contributed by atoms with E-state index in [1.54, 1.807) is 62.6 Å². The number of fused-ring (bicyclic) bond motifs is 1. The van der Waals surface area contributed by atoms with Gasteiger partial charge in [0, 0.05) is 52.0 Å². The smallest absolute Gasteiger partial charge is 0.255 e. The minimum absolute atomic E-state index is 0.156. The Hall–Kier alpha value is -3.07. The zero-order chi connectivity index (χ0) is 26.0. The first-order chi connectivity index (χ1) is 17.1. The van der Waals surface area contributed by atoms with Crippen molar-refractivity contribution in [2.24, 2.45) is 0 Å². The topological polar surface area (TPSA) is 90.5 Å². The molecule has 36 heavy (non-hydrogen) atoms. The summed E-state index contributed by atoms with van der Waals surface area (Å²) in [5.74, 6) is -0.991. The van der Waals surface area contributed by atoms with Crippen molar-refractivity contribution >= 4 is 68.2 Å². The van der Waals surface area contributed by atoms with Crippen LogP contribution in [-0.4, -0.2) is 43.3 Å². The average Bonchev–Trinajstić information content (AvgIpc) is 3.07. The summed E-state index contributed by atoms with van der Waals surface area (Å²) < 4.78 is 0.707. The van der Waals surface area contributed by atoms with Crippen LogP contribution >= 0.6 is 39.1 Å². The highest BCUT2D eigenvalue weighted by atomic mass is 79.9. The first-order valence-corrected chi connectivity index (χ1v) is 12.6. The van der Waals surface area contributed by atoms with Crippen LogP contribution in [0.5, 0.6) is 0 Å². The Balaban J connectivity index is 1.78. The standard InChI is InChI=1S/C26H23BrCl2N4O3/c1-33(2)23(34)14-30-24(35)19-8-6-16(27)11-21(19)32-26(13-15-4-3-5-17(28)10-15)20-9-7-18(29)12-22(20)31-25(26)36/h3-12,32H,13-14H2,1-2H3,(H,30,35)(H,31,36). The van der Waals surface area contributed by atoms with Gasteiger partial charge in [0.25, 0.3) is 11.8 Å². The number of carbonyl (C=O) groups is 3. The van der Waals surface area contributed by atoms with E-state index in [2.05, 4.69) is 31.9 Å². The second-order valence-electron chi connectivity index (χ2n) is 8.64. The molecule has 3 aromatic carbocycles. The highest BCUT2D eigenvalue weighted by Gasteiger charge is 2.47.